The number of primary sulfonamides is 1. The van der Waals surface area contributed by atoms with Gasteiger partial charge in [0.1, 0.15) is 0 Å². The number of anilines is 1. The van der Waals surface area contributed by atoms with Crippen LogP contribution in [0.25, 0.3) is 0 Å². The van der Waals surface area contributed by atoms with E-state index in [2.05, 4.69) is 5.32 Å². The van der Waals surface area contributed by atoms with Crippen LogP contribution < -0.4 is 10.5 Å². The fraction of sp³-hybridized carbons (Fsp3) is 0.200. The number of carbonyl (C=O) groups excluding carboxylic acids is 2. The lowest BCUT2D eigenvalue weighted by atomic mass is 9.98. The molecule has 1 aliphatic carbocycles. The summed E-state index contributed by atoms with van der Waals surface area (Å²) in [4.78, 5) is 25.5. The van der Waals surface area contributed by atoms with E-state index in [0.29, 0.717) is 30.9 Å². The summed E-state index contributed by atoms with van der Waals surface area (Å²) in [6, 6.07) is 6.06. The van der Waals surface area contributed by atoms with Crippen LogP contribution in [0.1, 0.15) is 0 Å². The molecule has 1 heterocycles. The van der Waals surface area contributed by atoms with E-state index in [4.69, 9.17) is 5.14 Å². The number of nitrogens with two attached hydrogens (primary N) is 1. The van der Waals surface area contributed by atoms with Crippen molar-refractivity contribution in [2.45, 2.75) is 4.90 Å². The predicted octanol–water partition coefficient (Wildman–Crippen LogP) is 0.0236. The van der Waals surface area contributed by atoms with E-state index in [1.54, 1.807) is 12.1 Å². The van der Waals surface area contributed by atoms with Crippen molar-refractivity contribution in [3.05, 3.63) is 47.6 Å². The minimum Gasteiger partial charge on any atom is -0.372 e. The number of hydrogen-bond acceptors (Lipinski definition) is 6. The van der Waals surface area contributed by atoms with Crippen molar-refractivity contribution in [3.63, 3.8) is 0 Å². The van der Waals surface area contributed by atoms with Crippen LogP contribution in [0, 0.1) is 0 Å². The summed E-state index contributed by atoms with van der Waals surface area (Å²) in [5.74, 6) is -0.223. The first-order chi connectivity index (χ1) is 10.8. The van der Waals surface area contributed by atoms with Gasteiger partial charge in [-0.2, -0.15) is 0 Å². The van der Waals surface area contributed by atoms with E-state index in [1.807, 2.05) is 4.90 Å². The minimum atomic E-state index is -3.70. The minimum absolute atomic E-state index is 0.0450. The van der Waals surface area contributed by atoms with Crippen molar-refractivity contribution in [1.82, 2.24) is 4.90 Å². The molecule has 7 nitrogen and oxygen atoms in total. The molecule has 0 amide bonds. The molecule has 3 rings (SSSR count). The third kappa shape index (κ3) is 3.24. The van der Waals surface area contributed by atoms with Crippen LogP contribution in [-0.2, 0) is 19.6 Å². The molecule has 120 valence electrons. The van der Waals surface area contributed by atoms with E-state index < -0.39 is 10.0 Å². The Labute approximate surface area is 133 Å². The SMILES string of the molecule is NS(=O)(=O)c1ccc(NCN2CC3=C(C2)C(=O)C=CC3=O)cc1. The number of hydrogen-bond donors (Lipinski definition) is 2. The second kappa shape index (κ2) is 5.73. The molecule has 1 aromatic carbocycles. The van der Waals surface area contributed by atoms with Crippen molar-refractivity contribution >= 4 is 27.3 Å². The summed E-state index contributed by atoms with van der Waals surface area (Å²) < 4.78 is 22.4. The zero-order valence-electron chi connectivity index (χ0n) is 12.2. The van der Waals surface area contributed by atoms with Gasteiger partial charge in [-0.25, -0.2) is 13.6 Å². The molecule has 0 spiro atoms. The fourth-order valence-electron chi connectivity index (χ4n) is 2.58. The maximum absolute atomic E-state index is 11.8. The monoisotopic (exact) mass is 333 g/mol. The van der Waals surface area contributed by atoms with E-state index in [0.717, 1.165) is 5.69 Å². The van der Waals surface area contributed by atoms with Gasteiger partial charge in [0.05, 0.1) is 11.6 Å². The van der Waals surface area contributed by atoms with Gasteiger partial charge in [-0.05, 0) is 36.4 Å². The largest absolute Gasteiger partial charge is 0.372 e. The summed E-state index contributed by atoms with van der Waals surface area (Å²) >= 11 is 0. The van der Waals surface area contributed by atoms with E-state index in [1.165, 1.54) is 24.3 Å². The van der Waals surface area contributed by atoms with E-state index >= 15 is 0 Å². The molecule has 2 aliphatic rings. The van der Waals surface area contributed by atoms with Gasteiger partial charge in [-0.1, -0.05) is 0 Å². The van der Waals surface area contributed by atoms with Gasteiger partial charge in [0.15, 0.2) is 11.6 Å². The molecule has 0 saturated carbocycles. The third-order valence-corrected chi connectivity index (χ3v) is 4.73. The van der Waals surface area contributed by atoms with E-state index in [-0.39, 0.29) is 16.5 Å². The zero-order valence-corrected chi connectivity index (χ0v) is 13.0. The van der Waals surface area contributed by atoms with Crippen LogP contribution in [0.5, 0.6) is 0 Å². The summed E-state index contributed by atoms with van der Waals surface area (Å²) in [7, 11) is -3.70. The molecule has 0 unspecified atom stereocenters. The van der Waals surface area contributed by atoms with Gasteiger partial charge in [0.2, 0.25) is 10.0 Å². The molecule has 0 aromatic heterocycles. The number of nitrogens with zero attached hydrogens (tertiary/aromatic N) is 1. The Balaban J connectivity index is 1.61. The summed E-state index contributed by atoms with van der Waals surface area (Å²) in [5.41, 5.74) is 1.84. The highest BCUT2D eigenvalue weighted by Gasteiger charge is 2.30. The first-order valence-corrected chi connectivity index (χ1v) is 8.47. The lowest BCUT2D eigenvalue weighted by Gasteiger charge is -2.17. The van der Waals surface area contributed by atoms with Crippen molar-refractivity contribution in [2.75, 3.05) is 25.1 Å². The Kier molecular flexibility index (Phi) is 3.88. The number of allylic oxidation sites excluding steroid dienone is 2. The second-order valence-electron chi connectivity index (χ2n) is 5.41. The normalized spacial score (nSPS) is 18.5. The molecular weight excluding hydrogens is 318 g/mol. The van der Waals surface area contributed by atoms with Gasteiger partial charge in [0, 0.05) is 29.9 Å². The highest BCUT2D eigenvalue weighted by molar-refractivity contribution is 7.89. The molecule has 1 aliphatic heterocycles. The Morgan fingerprint density at radius 3 is 2.00 bits per heavy atom. The summed E-state index contributed by atoms with van der Waals surface area (Å²) in [5, 5.41) is 8.17. The Morgan fingerprint density at radius 1 is 1.00 bits per heavy atom. The van der Waals surface area contributed by atoms with Crippen LogP contribution in [-0.4, -0.2) is 44.6 Å². The van der Waals surface area contributed by atoms with Crippen molar-refractivity contribution in [3.8, 4) is 0 Å². The van der Waals surface area contributed by atoms with Crippen LogP contribution in [0.15, 0.2) is 52.5 Å². The number of rotatable bonds is 4. The molecule has 0 radical (unpaired) electrons. The third-order valence-electron chi connectivity index (χ3n) is 3.80. The lowest BCUT2D eigenvalue weighted by molar-refractivity contribution is -0.115. The van der Waals surface area contributed by atoms with Gasteiger partial charge >= 0.3 is 0 Å². The molecule has 0 saturated heterocycles. The molecule has 0 fully saturated rings. The van der Waals surface area contributed by atoms with Crippen LogP contribution >= 0.6 is 0 Å². The average Bonchev–Trinajstić information content (AvgIpc) is 2.94. The quantitative estimate of drug-likeness (QED) is 0.752. The number of nitrogens with one attached hydrogen (secondary N) is 1. The maximum Gasteiger partial charge on any atom is 0.238 e. The first-order valence-electron chi connectivity index (χ1n) is 6.92. The molecule has 8 heteroatoms. The smallest absolute Gasteiger partial charge is 0.238 e. The van der Waals surface area contributed by atoms with Gasteiger partial charge in [-0.15, -0.1) is 0 Å². The average molecular weight is 333 g/mol. The summed E-state index contributed by atoms with van der Waals surface area (Å²) in [6.45, 7) is 1.28. The maximum atomic E-state index is 11.8. The lowest BCUT2D eigenvalue weighted by Crippen LogP contribution is -2.28. The molecule has 0 atom stereocenters. The standard InChI is InChI=1S/C15H15N3O4S/c16-23(21,22)11-3-1-10(2-4-11)17-9-18-7-12-13(8-18)15(20)6-5-14(12)19/h1-6,17H,7-9H2,(H2,16,21,22). The number of carbonyl (C=O) groups is 2. The van der Waals surface area contributed by atoms with Crippen LogP contribution in [0.4, 0.5) is 5.69 Å². The number of sulfonamides is 1. The molecule has 1 aromatic rings. The Morgan fingerprint density at radius 2 is 1.52 bits per heavy atom. The molecule has 0 bridgehead atoms. The second-order valence-corrected chi connectivity index (χ2v) is 6.97. The topological polar surface area (TPSA) is 110 Å². The van der Waals surface area contributed by atoms with Gasteiger partial charge in [-0.3, -0.25) is 14.5 Å². The highest BCUT2D eigenvalue weighted by atomic mass is 32.2. The van der Waals surface area contributed by atoms with Gasteiger partial charge < -0.3 is 5.32 Å². The van der Waals surface area contributed by atoms with Crippen molar-refractivity contribution in [2.24, 2.45) is 5.14 Å². The van der Waals surface area contributed by atoms with Crippen molar-refractivity contribution in [1.29, 1.82) is 0 Å². The number of benzene rings is 1. The first kappa shape index (κ1) is 15.6. The molecular formula is C15H15N3O4S. The van der Waals surface area contributed by atoms with Crippen molar-refractivity contribution < 1.29 is 18.0 Å². The van der Waals surface area contributed by atoms with Crippen LogP contribution in [0.2, 0.25) is 0 Å². The fourth-order valence-corrected chi connectivity index (χ4v) is 3.09. The highest BCUT2D eigenvalue weighted by Crippen LogP contribution is 2.23. The zero-order chi connectivity index (χ0) is 16.6. The molecule has 23 heavy (non-hydrogen) atoms. The van der Waals surface area contributed by atoms with Crippen LogP contribution in [0.3, 0.4) is 0 Å². The Hall–Kier alpha value is -2.29. The van der Waals surface area contributed by atoms with E-state index in [9.17, 15) is 18.0 Å². The predicted molar refractivity (Wildman–Crippen MR) is 84.1 cm³/mol. The Bertz CT molecular complexity index is 808. The molecule has 3 N–H and O–H groups in total. The summed E-state index contributed by atoms with van der Waals surface area (Å²) in [6.07, 6.45) is 2.62. The number of ketones is 2. The van der Waals surface area contributed by atoms with Gasteiger partial charge in [0.25, 0.3) is 0 Å².